The summed E-state index contributed by atoms with van der Waals surface area (Å²) in [5.74, 6) is -0.226. The Morgan fingerprint density at radius 3 is 2.25 bits per heavy atom. The van der Waals surface area contributed by atoms with Crippen LogP contribution in [0.25, 0.3) is 0 Å². The molecule has 16 heavy (non-hydrogen) atoms. The molecule has 0 saturated heterocycles. The van der Waals surface area contributed by atoms with Crippen molar-refractivity contribution in [2.45, 2.75) is 9.79 Å². The first-order valence-electron chi connectivity index (χ1n) is 4.53. The van der Waals surface area contributed by atoms with E-state index in [1.165, 1.54) is 9.64 Å². The summed E-state index contributed by atoms with van der Waals surface area (Å²) < 4.78 is 15.0. The molecule has 0 nitrogen and oxygen atoms in total. The fraction of sp³-hybridized carbons (Fsp3) is 0. The first-order chi connectivity index (χ1) is 7.65. The molecule has 0 unspecified atom stereocenters. The van der Waals surface area contributed by atoms with Gasteiger partial charge in [0, 0.05) is 13.4 Å². The van der Waals surface area contributed by atoms with Crippen molar-refractivity contribution in [3.8, 4) is 0 Å². The summed E-state index contributed by atoms with van der Waals surface area (Å²) in [5.41, 5.74) is 0. The van der Waals surface area contributed by atoms with Crippen LogP contribution in [0, 0.1) is 9.39 Å². The highest BCUT2D eigenvalue weighted by Gasteiger charge is 2.02. The Morgan fingerprint density at radius 1 is 1.00 bits per heavy atom. The fourth-order valence-electron chi connectivity index (χ4n) is 1.18. The van der Waals surface area contributed by atoms with Gasteiger partial charge in [0.2, 0.25) is 0 Å². The van der Waals surface area contributed by atoms with Crippen molar-refractivity contribution in [3.05, 3.63) is 56.3 Å². The molecule has 0 radical (unpaired) electrons. The molecule has 0 heterocycles. The van der Waals surface area contributed by atoms with Crippen LogP contribution >= 0.6 is 50.3 Å². The molecular weight excluding hydrogens is 402 g/mol. The van der Waals surface area contributed by atoms with E-state index >= 15 is 0 Å². The molecule has 0 saturated carbocycles. The molecule has 0 fully saturated rings. The van der Waals surface area contributed by atoms with E-state index in [0.717, 1.165) is 9.79 Å². The third kappa shape index (κ3) is 3.21. The normalized spacial score (nSPS) is 10.4. The Labute approximate surface area is 120 Å². The van der Waals surface area contributed by atoms with E-state index in [2.05, 4.69) is 38.5 Å². The molecule has 0 bridgehead atoms. The third-order valence-electron chi connectivity index (χ3n) is 1.94. The van der Waals surface area contributed by atoms with Gasteiger partial charge < -0.3 is 0 Å². The van der Waals surface area contributed by atoms with Gasteiger partial charge in [0.1, 0.15) is 5.82 Å². The quantitative estimate of drug-likeness (QED) is 0.604. The van der Waals surface area contributed by atoms with Crippen LogP contribution in [0.2, 0.25) is 0 Å². The molecule has 82 valence electrons. The maximum absolute atomic E-state index is 13.3. The molecular formula is C12H7BrFIS. The summed E-state index contributed by atoms with van der Waals surface area (Å²) in [4.78, 5) is 2.02. The van der Waals surface area contributed by atoms with Gasteiger partial charge in [0.05, 0.1) is 4.47 Å². The topological polar surface area (TPSA) is 0 Å². The molecule has 2 aromatic carbocycles. The van der Waals surface area contributed by atoms with Crippen LogP contribution in [0.4, 0.5) is 4.39 Å². The minimum atomic E-state index is -0.226. The van der Waals surface area contributed by atoms with Crippen LogP contribution in [0.3, 0.4) is 0 Å². The van der Waals surface area contributed by atoms with Gasteiger partial charge in [0.25, 0.3) is 0 Å². The summed E-state index contributed by atoms with van der Waals surface area (Å²) >= 11 is 6.96. The maximum Gasteiger partial charge on any atom is 0.138 e. The highest BCUT2D eigenvalue weighted by molar-refractivity contribution is 14.1. The Balaban J connectivity index is 2.20. The van der Waals surface area contributed by atoms with Gasteiger partial charge in [-0.15, -0.1) is 0 Å². The molecule has 0 spiro atoms. The third-order valence-corrected chi connectivity index (χ3v) is 4.30. The largest absolute Gasteiger partial charge is 0.206 e. The van der Waals surface area contributed by atoms with E-state index in [0.29, 0.717) is 4.47 Å². The molecule has 0 atom stereocenters. The number of halogens is 3. The van der Waals surface area contributed by atoms with Gasteiger partial charge in [-0.25, -0.2) is 4.39 Å². The standard InChI is InChI=1S/C12H7BrFIS/c13-11-6-5-10(7-12(11)14)16-9-3-1-8(15)2-4-9/h1-7H. The monoisotopic (exact) mass is 408 g/mol. The number of hydrogen-bond donors (Lipinski definition) is 0. The first-order valence-corrected chi connectivity index (χ1v) is 7.22. The minimum Gasteiger partial charge on any atom is -0.206 e. The second kappa shape index (κ2) is 5.51. The molecule has 0 amide bonds. The number of benzene rings is 2. The predicted octanol–water partition coefficient (Wildman–Crippen LogP) is 5.34. The lowest BCUT2D eigenvalue weighted by atomic mass is 10.3. The smallest absolute Gasteiger partial charge is 0.138 e. The van der Waals surface area contributed by atoms with E-state index in [-0.39, 0.29) is 5.82 Å². The van der Waals surface area contributed by atoms with Gasteiger partial charge in [-0.05, 0) is 81.0 Å². The molecule has 0 aromatic heterocycles. The average molecular weight is 409 g/mol. The maximum atomic E-state index is 13.3. The van der Waals surface area contributed by atoms with Gasteiger partial charge in [-0.1, -0.05) is 11.8 Å². The lowest BCUT2D eigenvalue weighted by Crippen LogP contribution is -1.79. The van der Waals surface area contributed by atoms with E-state index in [9.17, 15) is 4.39 Å². The van der Waals surface area contributed by atoms with Crippen molar-refractivity contribution in [1.29, 1.82) is 0 Å². The van der Waals surface area contributed by atoms with Gasteiger partial charge in [-0.2, -0.15) is 0 Å². The lowest BCUT2D eigenvalue weighted by Gasteiger charge is -2.02. The van der Waals surface area contributed by atoms with E-state index in [4.69, 9.17) is 0 Å². The SMILES string of the molecule is Fc1cc(Sc2ccc(I)cc2)ccc1Br. The molecule has 2 rings (SSSR count). The number of rotatable bonds is 2. The van der Waals surface area contributed by atoms with Crippen molar-refractivity contribution >= 4 is 50.3 Å². The summed E-state index contributed by atoms with van der Waals surface area (Å²) in [7, 11) is 0. The highest BCUT2D eigenvalue weighted by atomic mass is 127. The Hall–Kier alpha value is -0.0700. The average Bonchev–Trinajstić information content (AvgIpc) is 2.27. The zero-order chi connectivity index (χ0) is 11.5. The fourth-order valence-corrected chi connectivity index (χ4v) is 2.63. The van der Waals surface area contributed by atoms with Crippen LogP contribution in [-0.2, 0) is 0 Å². The van der Waals surface area contributed by atoms with E-state index in [1.807, 2.05) is 30.3 Å². The highest BCUT2D eigenvalue weighted by Crippen LogP contribution is 2.30. The van der Waals surface area contributed by atoms with Crippen LogP contribution < -0.4 is 0 Å². The van der Waals surface area contributed by atoms with Crippen LogP contribution in [-0.4, -0.2) is 0 Å². The zero-order valence-corrected chi connectivity index (χ0v) is 12.6. The zero-order valence-electron chi connectivity index (χ0n) is 8.08. The van der Waals surface area contributed by atoms with Crippen molar-refractivity contribution < 1.29 is 4.39 Å². The van der Waals surface area contributed by atoms with Gasteiger partial charge in [0.15, 0.2) is 0 Å². The van der Waals surface area contributed by atoms with Gasteiger partial charge in [-0.3, -0.25) is 0 Å². The van der Waals surface area contributed by atoms with Gasteiger partial charge >= 0.3 is 0 Å². The van der Waals surface area contributed by atoms with E-state index in [1.54, 1.807) is 17.8 Å². The van der Waals surface area contributed by atoms with Crippen LogP contribution in [0.1, 0.15) is 0 Å². The lowest BCUT2D eigenvalue weighted by molar-refractivity contribution is 0.617. The first kappa shape index (κ1) is 12.4. The minimum absolute atomic E-state index is 0.226. The molecule has 4 heteroatoms. The predicted molar refractivity (Wildman–Crippen MR) is 77.4 cm³/mol. The summed E-state index contributed by atoms with van der Waals surface area (Å²) in [6.45, 7) is 0. The summed E-state index contributed by atoms with van der Waals surface area (Å²) in [6.07, 6.45) is 0. The molecule has 0 aliphatic rings. The van der Waals surface area contributed by atoms with Crippen molar-refractivity contribution in [2.75, 3.05) is 0 Å². The second-order valence-electron chi connectivity index (χ2n) is 3.13. The second-order valence-corrected chi connectivity index (χ2v) is 6.38. The van der Waals surface area contributed by atoms with Crippen LogP contribution in [0.15, 0.2) is 56.7 Å². The van der Waals surface area contributed by atoms with Crippen LogP contribution in [0.5, 0.6) is 0 Å². The summed E-state index contributed by atoms with van der Waals surface area (Å²) in [6, 6.07) is 13.3. The molecule has 0 aliphatic heterocycles. The van der Waals surface area contributed by atoms with Crippen molar-refractivity contribution in [1.82, 2.24) is 0 Å². The Morgan fingerprint density at radius 2 is 1.62 bits per heavy atom. The van der Waals surface area contributed by atoms with E-state index < -0.39 is 0 Å². The molecule has 0 aliphatic carbocycles. The van der Waals surface area contributed by atoms with Crippen molar-refractivity contribution in [2.24, 2.45) is 0 Å². The number of hydrogen-bond acceptors (Lipinski definition) is 1. The molecule has 0 N–H and O–H groups in total. The molecule has 2 aromatic rings. The van der Waals surface area contributed by atoms with Crippen molar-refractivity contribution in [3.63, 3.8) is 0 Å². The summed E-state index contributed by atoms with van der Waals surface area (Å²) in [5, 5.41) is 0. The Kier molecular flexibility index (Phi) is 4.27. The Bertz CT molecular complexity index is 499.